The van der Waals surface area contributed by atoms with Gasteiger partial charge in [-0.15, -0.1) is 11.3 Å². The zero-order chi connectivity index (χ0) is 21.1. The van der Waals surface area contributed by atoms with Gasteiger partial charge in [-0.05, 0) is 44.9 Å². The first-order valence-electron chi connectivity index (χ1n) is 9.29. The van der Waals surface area contributed by atoms with Gasteiger partial charge in [0.05, 0.1) is 24.2 Å². The standard InChI is InChI=1S/C21H23N3O4S/c1-5-28-19(27)9-15-11-29-21(22-15)23-17(25)10-24-18(26)8-13(3)16-7-12(2)6-14(4)20(16)24/h6-8,11H,5,9-10H2,1-4H3,(H,22,23,25). The maximum absolute atomic E-state index is 12.6. The minimum absolute atomic E-state index is 0.0564. The highest BCUT2D eigenvalue weighted by atomic mass is 32.1. The van der Waals surface area contributed by atoms with Crippen LogP contribution < -0.4 is 10.9 Å². The van der Waals surface area contributed by atoms with Crippen molar-refractivity contribution in [3.63, 3.8) is 0 Å². The molecule has 152 valence electrons. The van der Waals surface area contributed by atoms with Crippen LogP contribution in [0.5, 0.6) is 0 Å². The van der Waals surface area contributed by atoms with E-state index < -0.39 is 0 Å². The lowest BCUT2D eigenvalue weighted by Crippen LogP contribution is -2.28. The van der Waals surface area contributed by atoms with Gasteiger partial charge in [0.1, 0.15) is 6.54 Å². The minimum atomic E-state index is -0.362. The van der Waals surface area contributed by atoms with Gasteiger partial charge in [0.15, 0.2) is 5.13 Å². The molecule has 3 aromatic rings. The normalized spacial score (nSPS) is 10.9. The fraction of sp³-hybridized carbons (Fsp3) is 0.333. The molecule has 29 heavy (non-hydrogen) atoms. The summed E-state index contributed by atoms with van der Waals surface area (Å²) < 4.78 is 6.38. The maximum Gasteiger partial charge on any atom is 0.311 e. The number of aryl methyl sites for hydroxylation is 3. The van der Waals surface area contributed by atoms with E-state index in [4.69, 9.17) is 4.74 Å². The second-order valence-corrected chi connectivity index (χ2v) is 7.76. The van der Waals surface area contributed by atoms with Gasteiger partial charge in [-0.1, -0.05) is 11.6 Å². The van der Waals surface area contributed by atoms with Crippen LogP contribution in [0, 0.1) is 20.8 Å². The van der Waals surface area contributed by atoms with Crippen LogP contribution >= 0.6 is 11.3 Å². The van der Waals surface area contributed by atoms with Gasteiger partial charge < -0.3 is 10.1 Å². The van der Waals surface area contributed by atoms with Crippen molar-refractivity contribution in [3.05, 3.63) is 56.3 Å². The second kappa shape index (κ2) is 8.57. The first-order chi connectivity index (χ1) is 13.8. The van der Waals surface area contributed by atoms with Crippen molar-refractivity contribution in [2.24, 2.45) is 0 Å². The maximum atomic E-state index is 12.6. The predicted molar refractivity (Wildman–Crippen MR) is 113 cm³/mol. The van der Waals surface area contributed by atoms with Gasteiger partial charge in [0.25, 0.3) is 5.56 Å². The zero-order valence-corrected chi connectivity index (χ0v) is 17.7. The van der Waals surface area contributed by atoms with Gasteiger partial charge in [-0.2, -0.15) is 0 Å². The molecule has 2 heterocycles. The fourth-order valence-corrected chi connectivity index (χ4v) is 4.06. The van der Waals surface area contributed by atoms with Crippen molar-refractivity contribution < 1.29 is 14.3 Å². The lowest BCUT2D eigenvalue weighted by molar-refractivity contribution is -0.142. The molecule has 0 aliphatic heterocycles. The number of esters is 1. The average Bonchev–Trinajstić information content (AvgIpc) is 3.05. The van der Waals surface area contributed by atoms with Crippen LogP contribution in [0.2, 0.25) is 0 Å². The van der Waals surface area contributed by atoms with Crippen molar-refractivity contribution in [2.75, 3.05) is 11.9 Å². The summed E-state index contributed by atoms with van der Waals surface area (Å²) in [5.74, 6) is -0.714. The quantitative estimate of drug-likeness (QED) is 0.627. The van der Waals surface area contributed by atoms with Crippen molar-refractivity contribution in [1.82, 2.24) is 9.55 Å². The summed E-state index contributed by atoms with van der Waals surface area (Å²) in [4.78, 5) is 41.0. The van der Waals surface area contributed by atoms with E-state index in [9.17, 15) is 14.4 Å². The molecule has 0 unspecified atom stereocenters. The number of fused-ring (bicyclic) bond motifs is 1. The number of thiazole rings is 1. The van der Waals surface area contributed by atoms with Crippen LogP contribution in [0.15, 0.2) is 28.4 Å². The Balaban J connectivity index is 1.81. The zero-order valence-electron chi connectivity index (χ0n) is 16.9. The summed E-state index contributed by atoms with van der Waals surface area (Å²) in [6, 6.07) is 5.57. The molecule has 0 saturated heterocycles. The summed E-state index contributed by atoms with van der Waals surface area (Å²) in [7, 11) is 0. The van der Waals surface area contributed by atoms with E-state index in [1.54, 1.807) is 18.4 Å². The molecule has 1 amide bonds. The number of nitrogens with one attached hydrogen (secondary N) is 1. The molecule has 1 aromatic carbocycles. The molecule has 7 nitrogen and oxygen atoms in total. The van der Waals surface area contributed by atoms with Gasteiger partial charge in [0.2, 0.25) is 5.91 Å². The van der Waals surface area contributed by atoms with Crippen LogP contribution in [-0.2, 0) is 27.3 Å². The Bertz CT molecular complexity index is 1150. The number of hydrogen-bond donors (Lipinski definition) is 1. The average molecular weight is 413 g/mol. The number of anilines is 1. The number of aromatic nitrogens is 2. The highest BCUT2D eigenvalue weighted by Crippen LogP contribution is 2.22. The van der Waals surface area contributed by atoms with Crippen LogP contribution in [0.4, 0.5) is 5.13 Å². The van der Waals surface area contributed by atoms with E-state index in [1.807, 2.05) is 32.9 Å². The van der Waals surface area contributed by atoms with Gasteiger partial charge >= 0.3 is 5.97 Å². The number of nitrogens with zero attached hydrogens (tertiary/aromatic N) is 2. The smallest absolute Gasteiger partial charge is 0.311 e. The third kappa shape index (κ3) is 4.71. The summed E-state index contributed by atoms with van der Waals surface area (Å²) >= 11 is 1.23. The number of pyridine rings is 1. The van der Waals surface area contributed by atoms with Crippen molar-refractivity contribution in [1.29, 1.82) is 0 Å². The molecule has 0 aliphatic carbocycles. The highest BCUT2D eigenvalue weighted by molar-refractivity contribution is 7.13. The topological polar surface area (TPSA) is 90.3 Å². The monoisotopic (exact) mass is 413 g/mol. The largest absolute Gasteiger partial charge is 0.466 e. The summed E-state index contributed by atoms with van der Waals surface area (Å²) in [6.07, 6.45) is 0.0564. The Hall–Kier alpha value is -3.00. The van der Waals surface area contributed by atoms with Crippen LogP contribution in [0.1, 0.15) is 29.3 Å². The van der Waals surface area contributed by atoms with E-state index in [0.29, 0.717) is 17.4 Å². The Morgan fingerprint density at radius 2 is 1.93 bits per heavy atom. The molecule has 3 rings (SSSR count). The molecule has 0 fully saturated rings. The number of rotatable bonds is 6. The SMILES string of the molecule is CCOC(=O)Cc1csc(NC(=O)Cn2c(=O)cc(C)c3cc(C)cc(C)c32)n1. The minimum Gasteiger partial charge on any atom is -0.466 e. The molecule has 0 aliphatic rings. The number of carbonyl (C=O) groups excluding carboxylic acids is 2. The molecule has 0 spiro atoms. The predicted octanol–water partition coefficient (Wildman–Crippen LogP) is 3.13. The molecule has 2 aromatic heterocycles. The van der Waals surface area contributed by atoms with E-state index >= 15 is 0 Å². The Labute approximate surface area is 172 Å². The molecule has 0 radical (unpaired) electrons. The van der Waals surface area contributed by atoms with Crippen LogP contribution in [0.25, 0.3) is 10.9 Å². The van der Waals surface area contributed by atoms with E-state index in [1.165, 1.54) is 15.9 Å². The molecular weight excluding hydrogens is 390 g/mol. The Kier molecular flexibility index (Phi) is 6.12. The van der Waals surface area contributed by atoms with Crippen molar-refractivity contribution in [3.8, 4) is 0 Å². The summed E-state index contributed by atoms with van der Waals surface area (Å²) in [6.45, 7) is 7.77. The molecule has 1 N–H and O–H groups in total. The number of carbonyl (C=O) groups is 2. The number of amides is 1. The summed E-state index contributed by atoms with van der Waals surface area (Å²) in [5, 5.41) is 5.75. The van der Waals surface area contributed by atoms with Gasteiger partial charge in [0, 0.05) is 16.8 Å². The van der Waals surface area contributed by atoms with Crippen LogP contribution in [-0.4, -0.2) is 28.0 Å². The number of hydrogen-bond acceptors (Lipinski definition) is 6. The van der Waals surface area contributed by atoms with E-state index in [0.717, 1.165) is 27.6 Å². The lowest BCUT2D eigenvalue weighted by Gasteiger charge is -2.14. The highest BCUT2D eigenvalue weighted by Gasteiger charge is 2.15. The number of benzene rings is 1. The van der Waals surface area contributed by atoms with Gasteiger partial charge in [-0.3, -0.25) is 19.0 Å². The second-order valence-electron chi connectivity index (χ2n) is 6.90. The number of ether oxygens (including phenoxy) is 1. The molecule has 8 heteroatoms. The Morgan fingerprint density at radius 3 is 2.66 bits per heavy atom. The molecular formula is C21H23N3O4S. The summed E-state index contributed by atoms with van der Waals surface area (Å²) in [5.41, 5.74) is 4.01. The van der Waals surface area contributed by atoms with Crippen molar-refractivity contribution in [2.45, 2.75) is 40.7 Å². The van der Waals surface area contributed by atoms with Crippen LogP contribution in [0.3, 0.4) is 0 Å². The first kappa shape index (κ1) is 20.7. The lowest BCUT2D eigenvalue weighted by atomic mass is 10.0. The van der Waals surface area contributed by atoms with Gasteiger partial charge in [-0.25, -0.2) is 4.98 Å². The van der Waals surface area contributed by atoms with Crippen molar-refractivity contribution >= 4 is 39.2 Å². The third-order valence-corrected chi connectivity index (χ3v) is 5.28. The molecule has 0 saturated carbocycles. The first-order valence-corrected chi connectivity index (χ1v) is 10.2. The third-order valence-electron chi connectivity index (χ3n) is 4.48. The molecule has 0 bridgehead atoms. The van der Waals surface area contributed by atoms with E-state index in [-0.39, 0.29) is 30.4 Å². The Morgan fingerprint density at radius 1 is 1.17 bits per heavy atom. The van der Waals surface area contributed by atoms with E-state index in [2.05, 4.69) is 10.3 Å². The molecule has 0 atom stereocenters. The fourth-order valence-electron chi connectivity index (χ4n) is 3.33.